The lowest BCUT2D eigenvalue weighted by Gasteiger charge is -2.24. The van der Waals surface area contributed by atoms with Crippen molar-refractivity contribution >= 4 is 16.0 Å². The zero-order chi connectivity index (χ0) is 14.7. The zero-order valence-corrected chi connectivity index (χ0v) is 11.7. The maximum absolute atomic E-state index is 12.0. The third kappa shape index (κ3) is 4.27. The van der Waals surface area contributed by atoms with E-state index in [9.17, 15) is 13.2 Å². The molecule has 0 aromatic carbocycles. The second-order valence-electron chi connectivity index (χ2n) is 4.61. The second-order valence-corrected chi connectivity index (χ2v) is 6.24. The predicted molar refractivity (Wildman–Crippen MR) is 67.5 cm³/mol. The molecule has 0 saturated heterocycles. The maximum Gasteiger partial charge on any atom is 0.337 e. The fraction of sp³-hybridized carbons (Fsp3) is 0.455. The molecule has 0 fully saturated rings. The Morgan fingerprint density at radius 1 is 1.47 bits per heavy atom. The normalized spacial score (nSPS) is 12.4. The first-order valence-corrected chi connectivity index (χ1v) is 6.88. The van der Waals surface area contributed by atoms with Crippen LogP contribution in [-0.4, -0.2) is 43.7 Å². The van der Waals surface area contributed by atoms with Gasteiger partial charge in [0.1, 0.15) is 0 Å². The Bertz CT molecular complexity index is 551. The van der Waals surface area contributed by atoms with Crippen molar-refractivity contribution in [3.63, 3.8) is 0 Å². The summed E-state index contributed by atoms with van der Waals surface area (Å²) in [6.45, 7) is 3.53. The minimum Gasteiger partial charge on any atom is -0.478 e. The van der Waals surface area contributed by atoms with Crippen molar-refractivity contribution in [3.05, 3.63) is 23.9 Å². The summed E-state index contributed by atoms with van der Waals surface area (Å²) in [5.41, 5.74) is -0.865. The highest BCUT2D eigenvalue weighted by molar-refractivity contribution is 7.89. The molecular weight excluding hydrogens is 272 g/mol. The summed E-state index contributed by atoms with van der Waals surface area (Å²) in [6.07, 6.45) is 1.00. The van der Waals surface area contributed by atoms with Crippen molar-refractivity contribution in [2.45, 2.75) is 24.4 Å². The Labute approximate surface area is 111 Å². The van der Waals surface area contributed by atoms with Crippen LogP contribution in [0.4, 0.5) is 0 Å². The van der Waals surface area contributed by atoms with Gasteiger partial charge >= 0.3 is 5.97 Å². The highest BCUT2D eigenvalue weighted by atomic mass is 32.2. The molecule has 0 saturated carbocycles. The van der Waals surface area contributed by atoms with Gasteiger partial charge in [0.15, 0.2) is 5.03 Å². The molecule has 0 atom stereocenters. The largest absolute Gasteiger partial charge is 0.478 e. The van der Waals surface area contributed by atoms with E-state index in [1.807, 2.05) is 0 Å². The monoisotopic (exact) mass is 288 g/mol. The van der Waals surface area contributed by atoms with Gasteiger partial charge in [-0.25, -0.2) is 22.9 Å². The number of sulfonamides is 1. The van der Waals surface area contributed by atoms with Crippen LogP contribution in [0.1, 0.15) is 24.2 Å². The van der Waals surface area contributed by atoms with Crippen LogP contribution in [0.3, 0.4) is 0 Å². The minimum absolute atomic E-state index is 0.0740. The number of aromatic carboxylic acids is 1. The summed E-state index contributed by atoms with van der Waals surface area (Å²) in [7, 11) is -2.35. The minimum atomic E-state index is -3.82. The van der Waals surface area contributed by atoms with Crippen molar-refractivity contribution in [2.24, 2.45) is 0 Å². The van der Waals surface area contributed by atoms with Crippen LogP contribution in [0, 0.1) is 0 Å². The van der Waals surface area contributed by atoms with E-state index in [0.29, 0.717) is 0 Å². The van der Waals surface area contributed by atoms with Crippen molar-refractivity contribution in [1.29, 1.82) is 0 Å². The molecule has 0 radical (unpaired) electrons. The number of pyridine rings is 1. The Morgan fingerprint density at radius 2 is 2.11 bits per heavy atom. The average Bonchev–Trinajstić information content (AvgIpc) is 2.27. The van der Waals surface area contributed by atoms with Crippen LogP contribution in [0.5, 0.6) is 0 Å². The van der Waals surface area contributed by atoms with Crippen LogP contribution >= 0.6 is 0 Å². The number of ether oxygens (including phenoxy) is 1. The second kappa shape index (κ2) is 5.64. The third-order valence-corrected chi connectivity index (χ3v) is 3.79. The van der Waals surface area contributed by atoms with Crippen LogP contribution in [-0.2, 0) is 14.8 Å². The van der Waals surface area contributed by atoms with E-state index >= 15 is 0 Å². The molecule has 1 rings (SSSR count). The number of hydrogen-bond acceptors (Lipinski definition) is 5. The average molecular weight is 288 g/mol. The van der Waals surface area contributed by atoms with Crippen LogP contribution in [0.25, 0.3) is 0 Å². The SMILES string of the molecule is COCC(C)(C)NS(=O)(=O)c1ccc(C(=O)O)cn1. The molecule has 19 heavy (non-hydrogen) atoms. The number of nitrogens with zero attached hydrogens (tertiary/aromatic N) is 1. The van der Waals surface area contributed by atoms with Crippen LogP contribution in [0.2, 0.25) is 0 Å². The van der Waals surface area contributed by atoms with E-state index in [4.69, 9.17) is 9.84 Å². The van der Waals surface area contributed by atoms with Gasteiger partial charge in [0.05, 0.1) is 17.7 Å². The number of carboxylic acid groups (broad SMARTS) is 1. The molecule has 0 unspecified atom stereocenters. The molecule has 8 heteroatoms. The molecule has 0 aliphatic rings. The number of carbonyl (C=O) groups is 1. The fourth-order valence-electron chi connectivity index (χ4n) is 1.47. The molecule has 0 aliphatic carbocycles. The molecule has 1 heterocycles. The van der Waals surface area contributed by atoms with Gasteiger partial charge in [-0.05, 0) is 26.0 Å². The van der Waals surface area contributed by atoms with Crippen LogP contribution in [0.15, 0.2) is 23.4 Å². The van der Waals surface area contributed by atoms with Gasteiger partial charge in [0.2, 0.25) is 0 Å². The van der Waals surface area contributed by atoms with Crippen molar-refractivity contribution in [1.82, 2.24) is 9.71 Å². The van der Waals surface area contributed by atoms with Gasteiger partial charge in [0, 0.05) is 13.3 Å². The van der Waals surface area contributed by atoms with Crippen molar-refractivity contribution in [2.75, 3.05) is 13.7 Å². The summed E-state index contributed by atoms with van der Waals surface area (Å²) >= 11 is 0. The molecular formula is C11H16N2O5S. The van der Waals surface area contributed by atoms with Gasteiger partial charge < -0.3 is 9.84 Å². The Kier molecular flexibility index (Phi) is 4.61. The summed E-state index contributed by atoms with van der Waals surface area (Å²) in [6, 6.07) is 2.34. The first kappa shape index (κ1) is 15.5. The molecule has 0 aliphatic heterocycles. The Morgan fingerprint density at radius 3 is 2.53 bits per heavy atom. The third-order valence-electron chi connectivity index (χ3n) is 2.17. The standard InChI is InChI=1S/C11H16N2O5S/c1-11(2,7-18-3)13-19(16,17)9-5-4-8(6-12-9)10(14)15/h4-6,13H,7H2,1-3H3,(H,14,15). The lowest BCUT2D eigenvalue weighted by Crippen LogP contribution is -2.46. The molecule has 1 aromatic heterocycles. The van der Waals surface area contributed by atoms with E-state index in [0.717, 1.165) is 12.3 Å². The first-order chi connectivity index (χ1) is 8.68. The lowest BCUT2D eigenvalue weighted by molar-refractivity contribution is 0.0696. The van der Waals surface area contributed by atoms with Crippen LogP contribution < -0.4 is 4.72 Å². The maximum atomic E-state index is 12.0. The molecule has 106 valence electrons. The Hall–Kier alpha value is -1.51. The van der Waals surface area contributed by atoms with E-state index in [2.05, 4.69) is 9.71 Å². The number of hydrogen-bond donors (Lipinski definition) is 2. The van der Waals surface area contributed by atoms with E-state index in [1.165, 1.54) is 13.2 Å². The summed E-state index contributed by atoms with van der Waals surface area (Å²) in [4.78, 5) is 14.3. The quantitative estimate of drug-likeness (QED) is 0.789. The number of methoxy groups -OCH3 is 1. The first-order valence-electron chi connectivity index (χ1n) is 5.40. The van der Waals surface area contributed by atoms with Gasteiger partial charge in [-0.2, -0.15) is 0 Å². The van der Waals surface area contributed by atoms with Crippen molar-refractivity contribution in [3.8, 4) is 0 Å². The molecule has 0 bridgehead atoms. The smallest absolute Gasteiger partial charge is 0.337 e. The van der Waals surface area contributed by atoms with E-state index < -0.39 is 21.5 Å². The molecule has 0 spiro atoms. The Balaban J connectivity index is 2.98. The lowest BCUT2D eigenvalue weighted by atomic mass is 10.1. The van der Waals surface area contributed by atoms with Gasteiger partial charge in [-0.15, -0.1) is 0 Å². The van der Waals surface area contributed by atoms with Crippen molar-refractivity contribution < 1.29 is 23.1 Å². The summed E-state index contributed by atoms with van der Waals surface area (Å²) in [5, 5.41) is 8.48. The molecule has 0 amide bonds. The van der Waals surface area contributed by atoms with E-state index in [1.54, 1.807) is 13.8 Å². The number of aromatic nitrogens is 1. The topological polar surface area (TPSA) is 106 Å². The number of rotatable bonds is 6. The van der Waals surface area contributed by atoms with Gasteiger partial charge in [0.25, 0.3) is 10.0 Å². The molecule has 1 aromatic rings. The van der Waals surface area contributed by atoms with Gasteiger partial charge in [-0.3, -0.25) is 0 Å². The number of nitrogens with one attached hydrogen (secondary N) is 1. The van der Waals surface area contributed by atoms with E-state index in [-0.39, 0.29) is 17.2 Å². The highest BCUT2D eigenvalue weighted by Crippen LogP contribution is 2.12. The predicted octanol–water partition coefficient (Wildman–Crippen LogP) is 0.483. The molecule has 7 nitrogen and oxygen atoms in total. The molecule has 2 N–H and O–H groups in total. The summed E-state index contributed by atoms with van der Waals surface area (Å²) < 4.78 is 31.4. The highest BCUT2D eigenvalue weighted by Gasteiger charge is 2.27. The summed E-state index contributed by atoms with van der Waals surface area (Å²) in [5.74, 6) is -1.16. The number of carboxylic acids is 1. The zero-order valence-electron chi connectivity index (χ0n) is 10.9. The van der Waals surface area contributed by atoms with Gasteiger partial charge in [-0.1, -0.05) is 0 Å². The fourth-order valence-corrected chi connectivity index (χ4v) is 2.80.